The van der Waals surface area contributed by atoms with Crippen molar-refractivity contribution in [3.8, 4) is 0 Å². The minimum Gasteiger partial charge on any atom is -0.396 e. The highest BCUT2D eigenvalue weighted by molar-refractivity contribution is 4.94. The Morgan fingerprint density at radius 3 is 2.50 bits per heavy atom. The SMILES string of the molecule is CC(C)=CCNCC(C)(C)CCCO. The van der Waals surface area contributed by atoms with Gasteiger partial charge in [0.1, 0.15) is 0 Å². The highest BCUT2D eigenvalue weighted by atomic mass is 16.2. The predicted octanol–water partition coefficient (Wildman–Crippen LogP) is 2.34. The quantitative estimate of drug-likeness (QED) is 0.487. The zero-order valence-electron chi connectivity index (χ0n) is 10.1. The lowest BCUT2D eigenvalue weighted by molar-refractivity contribution is 0.238. The summed E-state index contributed by atoms with van der Waals surface area (Å²) in [4.78, 5) is 0. The summed E-state index contributed by atoms with van der Waals surface area (Å²) in [6.07, 6.45) is 4.17. The van der Waals surface area contributed by atoms with Gasteiger partial charge in [-0.25, -0.2) is 0 Å². The highest BCUT2D eigenvalue weighted by Gasteiger charge is 2.15. The molecule has 0 heterocycles. The molecule has 0 aliphatic heterocycles. The van der Waals surface area contributed by atoms with Crippen molar-refractivity contribution in [2.24, 2.45) is 5.41 Å². The monoisotopic (exact) mass is 199 g/mol. The molecule has 0 rings (SSSR count). The first-order chi connectivity index (χ1) is 6.48. The first-order valence-electron chi connectivity index (χ1n) is 5.43. The van der Waals surface area contributed by atoms with E-state index >= 15 is 0 Å². The second kappa shape index (κ2) is 7.02. The van der Waals surface area contributed by atoms with Gasteiger partial charge in [-0.2, -0.15) is 0 Å². The van der Waals surface area contributed by atoms with Crippen LogP contribution in [0.3, 0.4) is 0 Å². The van der Waals surface area contributed by atoms with E-state index in [2.05, 4.69) is 39.1 Å². The summed E-state index contributed by atoms with van der Waals surface area (Å²) in [5.74, 6) is 0. The summed E-state index contributed by atoms with van der Waals surface area (Å²) in [7, 11) is 0. The molecular formula is C12H25NO. The lowest BCUT2D eigenvalue weighted by Gasteiger charge is -2.24. The lowest BCUT2D eigenvalue weighted by atomic mass is 9.88. The van der Waals surface area contributed by atoms with Gasteiger partial charge in [-0.05, 0) is 32.1 Å². The maximum atomic E-state index is 8.74. The van der Waals surface area contributed by atoms with E-state index in [1.165, 1.54) is 5.57 Å². The minimum atomic E-state index is 0.290. The van der Waals surface area contributed by atoms with Crippen LogP contribution in [0.2, 0.25) is 0 Å². The summed E-state index contributed by atoms with van der Waals surface area (Å²) in [6.45, 7) is 11.0. The third kappa shape index (κ3) is 8.27. The Balaban J connectivity index is 3.59. The maximum absolute atomic E-state index is 8.74. The van der Waals surface area contributed by atoms with E-state index in [0.717, 1.165) is 25.9 Å². The molecule has 0 atom stereocenters. The zero-order valence-corrected chi connectivity index (χ0v) is 10.1. The van der Waals surface area contributed by atoms with Gasteiger partial charge in [-0.1, -0.05) is 25.5 Å². The van der Waals surface area contributed by atoms with Crippen molar-refractivity contribution in [2.75, 3.05) is 19.7 Å². The number of hydrogen-bond donors (Lipinski definition) is 2. The Kier molecular flexibility index (Phi) is 6.85. The number of rotatable bonds is 7. The summed E-state index contributed by atoms with van der Waals surface area (Å²) >= 11 is 0. The third-order valence-corrected chi connectivity index (χ3v) is 2.27. The standard InChI is InChI=1S/C12H25NO/c1-11(2)6-8-13-10-12(3,4)7-5-9-14/h6,13-14H,5,7-10H2,1-4H3. The Hall–Kier alpha value is -0.340. The van der Waals surface area contributed by atoms with Gasteiger partial charge in [0, 0.05) is 19.7 Å². The van der Waals surface area contributed by atoms with Crippen LogP contribution in [-0.2, 0) is 0 Å². The van der Waals surface area contributed by atoms with E-state index in [-0.39, 0.29) is 5.41 Å². The second-order valence-electron chi connectivity index (χ2n) is 4.90. The van der Waals surface area contributed by atoms with Crippen LogP contribution in [0.4, 0.5) is 0 Å². The van der Waals surface area contributed by atoms with E-state index < -0.39 is 0 Å². The van der Waals surface area contributed by atoms with Crippen molar-refractivity contribution < 1.29 is 5.11 Å². The lowest BCUT2D eigenvalue weighted by Crippen LogP contribution is -2.29. The topological polar surface area (TPSA) is 32.3 Å². The van der Waals surface area contributed by atoms with Crippen LogP contribution in [0.15, 0.2) is 11.6 Å². The van der Waals surface area contributed by atoms with Gasteiger partial charge in [0.2, 0.25) is 0 Å². The number of aliphatic hydroxyl groups is 1. The number of nitrogens with one attached hydrogen (secondary N) is 1. The molecule has 0 spiro atoms. The fourth-order valence-corrected chi connectivity index (χ4v) is 1.33. The summed E-state index contributed by atoms with van der Waals surface area (Å²) < 4.78 is 0. The summed E-state index contributed by atoms with van der Waals surface area (Å²) in [6, 6.07) is 0. The van der Waals surface area contributed by atoms with Crippen LogP contribution in [0, 0.1) is 5.41 Å². The molecule has 0 bridgehead atoms. The molecular weight excluding hydrogens is 174 g/mol. The highest BCUT2D eigenvalue weighted by Crippen LogP contribution is 2.20. The van der Waals surface area contributed by atoms with Gasteiger partial charge in [0.05, 0.1) is 0 Å². The van der Waals surface area contributed by atoms with Crippen LogP contribution in [0.25, 0.3) is 0 Å². The molecule has 0 saturated carbocycles. The van der Waals surface area contributed by atoms with E-state index in [9.17, 15) is 0 Å². The van der Waals surface area contributed by atoms with Crippen molar-refractivity contribution in [1.29, 1.82) is 0 Å². The maximum Gasteiger partial charge on any atom is 0.0431 e. The largest absolute Gasteiger partial charge is 0.396 e. The van der Waals surface area contributed by atoms with E-state index in [1.807, 2.05) is 0 Å². The first-order valence-corrected chi connectivity index (χ1v) is 5.43. The molecule has 84 valence electrons. The van der Waals surface area contributed by atoms with Crippen molar-refractivity contribution in [3.05, 3.63) is 11.6 Å². The Bertz CT molecular complexity index is 169. The molecule has 0 aliphatic rings. The fraction of sp³-hybridized carbons (Fsp3) is 0.833. The first kappa shape index (κ1) is 13.7. The van der Waals surface area contributed by atoms with Gasteiger partial charge in [-0.15, -0.1) is 0 Å². The summed E-state index contributed by atoms with van der Waals surface area (Å²) in [5, 5.41) is 12.2. The molecule has 0 unspecified atom stereocenters. The molecule has 0 aromatic heterocycles. The molecule has 0 radical (unpaired) electrons. The molecule has 2 heteroatoms. The molecule has 0 saturated heterocycles. The van der Waals surface area contributed by atoms with Crippen LogP contribution in [-0.4, -0.2) is 24.8 Å². The second-order valence-corrected chi connectivity index (χ2v) is 4.90. The van der Waals surface area contributed by atoms with E-state index in [1.54, 1.807) is 0 Å². The average Bonchev–Trinajstić information content (AvgIpc) is 2.09. The molecule has 0 amide bonds. The molecule has 0 aliphatic carbocycles. The van der Waals surface area contributed by atoms with Crippen LogP contribution < -0.4 is 5.32 Å². The minimum absolute atomic E-state index is 0.290. The molecule has 2 N–H and O–H groups in total. The van der Waals surface area contributed by atoms with Crippen molar-refractivity contribution >= 4 is 0 Å². The number of allylic oxidation sites excluding steroid dienone is 1. The fourth-order valence-electron chi connectivity index (χ4n) is 1.33. The van der Waals surface area contributed by atoms with Gasteiger partial charge in [0.15, 0.2) is 0 Å². The van der Waals surface area contributed by atoms with Crippen LogP contribution in [0.1, 0.15) is 40.5 Å². The van der Waals surface area contributed by atoms with Gasteiger partial charge in [0.25, 0.3) is 0 Å². The number of hydrogen-bond acceptors (Lipinski definition) is 2. The van der Waals surface area contributed by atoms with Crippen molar-refractivity contribution in [1.82, 2.24) is 5.32 Å². The predicted molar refractivity (Wildman–Crippen MR) is 62.4 cm³/mol. The zero-order chi connectivity index (χ0) is 11.0. The van der Waals surface area contributed by atoms with Crippen LogP contribution >= 0.6 is 0 Å². The molecule has 2 nitrogen and oxygen atoms in total. The third-order valence-electron chi connectivity index (χ3n) is 2.27. The Labute approximate surface area is 88.4 Å². The van der Waals surface area contributed by atoms with Crippen molar-refractivity contribution in [2.45, 2.75) is 40.5 Å². The Morgan fingerprint density at radius 1 is 1.36 bits per heavy atom. The van der Waals surface area contributed by atoms with Gasteiger partial charge >= 0.3 is 0 Å². The molecule has 0 aromatic carbocycles. The summed E-state index contributed by atoms with van der Waals surface area (Å²) in [5.41, 5.74) is 1.64. The van der Waals surface area contributed by atoms with E-state index in [4.69, 9.17) is 5.11 Å². The van der Waals surface area contributed by atoms with Gasteiger partial charge < -0.3 is 10.4 Å². The van der Waals surface area contributed by atoms with E-state index in [0.29, 0.717) is 6.61 Å². The molecule has 14 heavy (non-hydrogen) atoms. The number of aliphatic hydroxyl groups excluding tert-OH is 1. The normalized spacial score (nSPS) is 11.5. The smallest absolute Gasteiger partial charge is 0.0431 e. The average molecular weight is 199 g/mol. The van der Waals surface area contributed by atoms with Crippen LogP contribution in [0.5, 0.6) is 0 Å². The van der Waals surface area contributed by atoms with Gasteiger partial charge in [-0.3, -0.25) is 0 Å². The van der Waals surface area contributed by atoms with Crippen molar-refractivity contribution in [3.63, 3.8) is 0 Å². The molecule has 0 fully saturated rings. The Morgan fingerprint density at radius 2 is 2.00 bits per heavy atom. The molecule has 0 aromatic rings.